The van der Waals surface area contributed by atoms with Gasteiger partial charge in [0.15, 0.2) is 0 Å². The van der Waals surface area contributed by atoms with Crippen LogP contribution >= 0.6 is 0 Å². The molecule has 220 valence electrons. The van der Waals surface area contributed by atoms with Gasteiger partial charge in [-0.1, -0.05) is 14.9 Å². The SMILES string of the molecule is C.C.CCO[Si](O)(OCC)OCC.CCO[Si](OCC)(OCC)O[Si](OCC)(OCC)OCC.O. The van der Waals surface area contributed by atoms with Gasteiger partial charge >= 0.3 is 27.1 Å². The maximum absolute atomic E-state index is 9.48. The molecule has 0 amide bonds. The van der Waals surface area contributed by atoms with Crippen molar-refractivity contribution >= 4 is 27.1 Å². The van der Waals surface area contributed by atoms with Gasteiger partial charge in [-0.2, -0.15) is 0 Å². The second-order valence-electron chi connectivity index (χ2n) is 5.52. The zero-order chi connectivity index (χ0) is 24.9. The van der Waals surface area contributed by atoms with E-state index in [0.29, 0.717) is 59.5 Å². The van der Waals surface area contributed by atoms with E-state index in [9.17, 15) is 4.80 Å². The zero-order valence-electron chi connectivity index (χ0n) is 21.9. The Bertz CT molecular complexity index is 350. The van der Waals surface area contributed by atoms with E-state index in [1.165, 1.54) is 0 Å². The van der Waals surface area contributed by atoms with Crippen LogP contribution in [0.15, 0.2) is 0 Å². The van der Waals surface area contributed by atoms with E-state index in [1.54, 1.807) is 20.8 Å². The van der Waals surface area contributed by atoms with E-state index in [2.05, 4.69) is 0 Å². The van der Waals surface area contributed by atoms with Gasteiger partial charge in [-0.05, 0) is 62.3 Å². The molecule has 0 aromatic heterocycles. The molecule has 15 heteroatoms. The van der Waals surface area contributed by atoms with E-state index in [4.69, 9.17) is 43.9 Å². The topological polar surface area (TPSA) is 144 Å². The van der Waals surface area contributed by atoms with Gasteiger partial charge in [0.05, 0.1) is 0 Å². The molecule has 3 N–H and O–H groups in total. The third-order valence-corrected chi connectivity index (χ3v) is 11.0. The summed E-state index contributed by atoms with van der Waals surface area (Å²) in [7, 11) is -9.96. The molecular weight excluding hydrogens is 516 g/mol. The van der Waals surface area contributed by atoms with Crippen molar-refractivity contribution in [3.63, 3.8) is 0 Å². The van der Waals surface area contributed by atoms with Crippen LogP contribution < -0.4 is 0 Å². The first kappa shape index (κ1) is 45.1. The molecule has 0 heterocycles. The van der Waals surface area contributed by atoms with Gasteiger partial charge in [0.2, 0.25) is 0 Å². The summed E-state index contributed by atoms with van der Waals surface area (Å²) in [6, 6.07) is 0. The standard InChI is InChI=1S/C12H30O7Si2.C6H16O4Si.2CH4.H2O/c1-7-13-20(14-8-2,15-9-3)19-21(16-10-4,17-11-5)18-12-6;1-4-8-11(7,9-5-2)10-6-3;;;/h7-12H2,1-6H3;7H,4-6H2,1-3H3;2*1H4;1H2. The lowest BCUT2D eigenvalue weighted by molar-refractivity contribution is -0.0606. The average Bonchev–Trinajstić information content (AvgIpc) is 2.70. The van der Waals surface area contributed by atoms with Crippen LogP contribution in [0.25, 0.3) is 0 Å². The molecule has 35 heavy (non-hydrogen) atoms. The Kier molecular flexibility index (Phi) is 35.1. The van der Waals surface area contributed by atoms with Crippen LogP contribution in [-0.4, -0.2) is 96.9 Å². The molecule has 0 aliphatic heterocycles. The van der Waals surface area contributed by atoms with Gasteiger partial charge in [-0.3, -0.25) is 0 Å². The molecule has 0 aromatic carbocycles. The maximum Gasteiger partial charge on any atom is 0.676 e. The fourth-order valence-electron chi connectivity index (χ4n) is 2.31. The molecule has 0 spiro atoms. The molecule has 0 saturated heterocycles. The maximum atomic E-state index is 9.48. The Hall–Kier alpha value is 0.171. The fraction of sp³-hybridized carbons (Fsp3) is 1.00. The Morgan fingerprint density at radius 1 is 0.400 bits per heavy atom. The highest BCUT2D eigenvalue weighted by Crippen LogP contribution is 2.22. The quantitative estimate of drug-likeness (QED) is 0.215. The highest BCUT2D eigenvalue weighted by molar-refractivity contribution is 6.68. The monoisotopic (exact) mass is 572 g/mol. The molecular formula is C20H56O12Si3. The Balaban J connectivity index is -0.000000185. The molecule has 0 unspecified atom stereocenters. The summed E-state index contributed by atoms with van der Waals surface area (Å²) in [6.07, 6.45) is 0. The average molecular weight is 573 g/mol. The Morgan fingerprint density at radius 2 is 0.571 bits per heavy atom. The smallest absolute Gasteiger partial charge is 0.412 e. The highest BCUT2D eigenvalue weighted by atomic mass is 28.5. The van der Waals surface area contributed by atoms with Crippen LogP contribution in [0.1, 0.15) is 77.2 Å². The van der Waals surface area contributed by atoms with Crippen molar-refractivity contribution in [1.29, 1.82) is 0 Å². The van der Waals surface area contributed by atoms with E-state index < -0.39 is 27.1 Å². The lowest BCUT2D eigenvalue weighted by Crippen LogP contribution is -2.62. The number of hydrogen-bond acceptors (Lipinski definition) is 11. The zero-order valence-corrected chi connectivity index (χ0v) is 24.9. The van der Waals surface area contributed by atoms with Gasteiger partial charge in [0.1, 0.15) is 0 Å². The summed E-state index contributed by atoms with van der Waals surface area (Å²) >= 11 is 0. The second kappa shape index (κ2) is 27.2. The minimum absolute atomic E-state index is 0. The molecule has 0 radical (unpaired) electrons. The van der Waals surface area contributed by atoms with Crippen LogP contribution in [0.4, 0.5) is 0 Å². The van der Waals surface area contributed by atoms with Crippen molar-refractivity contribution in [2.24, 2.45) is 0 Å². The van der Waals surface area contributed by atoms with Crippen LogP contribution in [0.3, 0.4) is 0 Å². The summed E-state index contributed by atoms with van der Waals surface area (Å²) in [5, 5.41) is 0. The largest absolute Gasteiger partial charge is 0.676 e. The van der Waals surface area contributed by atoms with Gasteiger partial charge in [0, 0.05) is 59.5 Å². The lowest BCUT2D eigenvalue weighted by Gasteiger charge is -2.34. The van der Waals surface area contributed by atoms with Crippen LogP contribution in [-0.2, 0) is 43.9 Å². The second-order valence-corrected chi connectivity index (χ2v) is 12.0. The third-order valence-electron chi connectivity index (χ3n) is 3.16. The molecule has 0 saturated carbocycles. The molecule has 0 aliphatic rings. The first-order valence-electron chi connectivity index (χ1n) is 11.4. The summed E-state index contributed by atoms with van der Waals surface area (Å²) in [4.78, 5) is 9.48. The summed E-state index contributed by atoms with van der Waals surface area (Å²) < 4.78 is 54.9. The van der Waals surface area contributed by atoms with Gasteiger partial charge in [-0.25, -0.2) is 0 Å². The fourth-order valence-corrected chi connectivity index (χ4v) is 8.92. The van der Waals surface area contributed by atoms with Crippen molar-refractivity contribution in [3.8, 4) is 0 Å². The van der Waals surface area contributed by atoms with Crippen molar-refractivity contribution in [2.75, 3.05) is 59.5 Å². The highest BCUT2D eigenvalue weighted by Gasteiger charge is 2.59. The third kappa shape index (κ3) is 19.9. The van der Waals surface area contributed by atoms with E-state index in [1.807, 2.05) is 41.5 Å². The van der Waals surface area contributed by atoms with E-state index in [-0.39, 0.29) is 20.3 Å². The predicted octanol–water partition coefficient (Wildman–Crippen LogP) is 3.06. The minimum atomic E-state index is -3.36. The van der Waals surface area contributed by atoms with Gasteiger partial charge in [-0.15, -0.1) is 0 Å². The Morgan fingerprint density at radius 3 is 0.714 bits per heavy atom. The van der Waals surface area contributed by atoms with Crippen LogP contribution in [0, 0.1) is 0 Å². The van der Waals surface area contributed by atoms with Crippen molar-refractivity contribution in [2.45, 2.75) is 77.2 Å². The minimum Gasteiger partial charge on any atom is -0.412 e. The van der Waals surface area contributed by atoms with Crippen LogP contribution in [0.2, 0.25) is 0 Å². The number of hydrogen-bond donors (Lipinski definition) is 1. The molecule has 0 atom stereocenters. The molecule has 0 aromatic rings. The van der Waals surface area contributed by atoms with Gasteiger partial charge in [0.25, 0.3) is 0 Å². The molecule has 0 rings (SSSR count). The lowest BCUT2D eigenvalue weighted by atomic mass is 10.9. The normalized spacial score (nSPS) is 11.5. The summed E-state index contributed by atoms with van der Waals surface area (Å²) in [5.41, 5.74) is 0. The first-order chi connectivity index (χ1) is 15.3. The van der Waals surface area contributed by atoms with Crippen molar-refractivity contribution in [1.82, 2.24) is 0 Å². The van der Waals surface area contributed by atoms with Crippen molar-refractivity contribution in [3.05, 3.63) is 0 Å². The van der Waals surface area contributed by atoms with Gasteiger partial charge < -0.3 is 54.2 Å². The number of rotatable bonds is 20. The summed E-state index contributed by atoms with van der Waals surface area (Å²) in [5.74, 6) is 0. The Labute approximate surface area is 218 Å². The van der Waals surface area contributed by atoms with E-state index in [0.717, 1.165) is 0 Å². The van der Waals surface area contributed by atoms with Crippen molar-refractivity contribution < 1.29 is 54.2 Å². The predicted molar refractivity (Wildman–Crippen MR) is 142 cm³/mol. The van der Waals surface area contributed by atoms with E-state index >= 15 is 0 Å². The molecule has 0 fully saturated rings. The molecule has 0 bridgehead atoms. The first-order valence-corrected chi connectivity index (χ1v) is 16.4. The molecule has 0 aliphatic carbocycles. The van der Waals surface area contributed by atoms with Crippen LogP contribution in [0.5, 0.6) is 0 Å². The summed E-state index contributed by atoms with van der Waals surface area (Å²) in [6.45, 7) is 20.1. The molecule has 12 nitrogen and oxygen atoms in total.